The average molecular weight is 211 g/mol. The maximum absolute atomic E-state index is 11.7. The molecule has 2 aliphatic rings. The van der Waals surface area contributed by atoms with Gasteiger partial charge in [-0.1, -0.05) is 0 Å². The van der Waals surface area contributed by atoms with Gasteiger partial charge >= 0.3 is 6.09 Å². The molecule has 2 amide bonds. The van der Waals surface area contributed by atoms with Crippen LogP contribution in [0.5, 0.6) is 0 Å². The molecule has 4 heteroatoms. The van der Waals surface area contributed by atoms with Crippen molar-refractivity contribution in [1.29, 1.82) is 0 Å². The van der Waals surface area contributed by atoms with E-state index >= 15 is 0 Å². The Bertz CT molecular complexity index is 312. The Morgan fingerprint density at radius 3 is 2.33 bits per heavy atom. The summed E-state index contributed by atoms with van der Waals surface area (Å²) in [6.45, 7) is 5.42. The predicted molar refractivity (Wildman–Crippen MR) is 54.3 cm³/mol. The molecule has 84 valence electrons. The summed E-state index contributed by atoms with van der Waals surface area (Å²) in [5.41, 5.74) is -0.697. The van der Waals surface area contributed by atoms with Crippen molar-refractivity contribution >= 4 is 12.0 Å². The molecule has 0 unspecified atom stereocenters. The summed E-state index contributed by atoms with van der Waals surface area (Å²) in [4.78, 5) is 24.5. The Balaban J connectivity index is 2.03. The number of carbonyl (C=O) groups excluding carboxylic acids is 2. The van der Waals surface area contributed by atoms with Crippen molar-refractivity contribution in [3.63, 3.8) is 0 Å². The fourth-order valence-electron chi connectivity index (χ4n) is 2.20. The first kappa shape index (κ1) is 10.5. The van der Waals surface area contributed by atoms with Crippen LogP contribution in [0.3, 0.4) is 0 Å². The van der Waals surface area contributed by atoms with Crippen LogP contribution in [-0.4, -0.2) is 28.0 Å². The zero-order chi connectivity index (χ0) is 11.3. The highest BCUT2D eigenvalue weighted by Gasteiger charge is 2.58. The summed E-state index contributed by atoms with van der Waals surface area (Å²) in [6.07, 6.45) is 3.04. The zero-order valence-electron chi connectivity index (χ0n) is 9.50. The number of rotatable bonds is 0. The number of imide groups is 1. The first-order valence-electron chi connectivity index (χ1n) is 5.40. The Morgan fingerprint density at radius 2 is 2.00 bits per heavy atom. The summed E-state index contributed by atoms with van der Waals surface area (Å²) in [5, 5.41) is 0. The minimum Gasteiger partial charge on any atom is -0.443 e. The van der Waals surface area contributed by atoms with Gasteiger partial charge in [-0.2, -0.15) is 0 Å². The summed E-state index contributed by atoms with van der Waals surface area (Å²) >= 11 is 0. The molecule has 0 aromatic rings. The van der Waals surface area contributed by atoms with Crippen molar-refractivity contribution in [2.24, 2.45) is 0 Å². The largest absolute Gasteiger partial charge is 0.443 e. The van der Waals surface area contributed by atoms with Crippen LogP contribution in [-0.2, 0) is 9.53 Å². The van der Waals surface area contributed by atoms with Crippen LogP contribution in [0.2, 0.25) is 0 Å². The quantitative estimate of drug-likeness (QED) is 0.576. The molecule has 2 rings (SSSR count). The maximum Gasteiger partial charge on any atom is 0.417 e. The highest BCUT2D eigenvalue weighted by atomic mass is 16.6. The molecule has 4 nitrogen and oxygen atoms in total. The molecule has 1 aliphatic heterocycles. The molecule has 1 saturated heterocycles. The van der Waals surface area contributed by atoms with Crippen molar-refractivity contribution in [3.8, 4) is 0 Å². The van der Waals surface area contributed by atoms with Gasteiger partial charge in [0.15, 0.2) is 0 Å². The van der Waals surface area contributed by atoms with E-state index in [4.69, 9.17) is 4.74 Å². The van der Waals surface area contributed by atoms with Crippen LogP contribution in [0.15, 0.2) is 0 Å². The first-order valence-corrected chi connectivity index (χ1v) is 5.40. The molecule has 0 aromatic carbocycles. The smallest absolute Gasteiger partial charge is 0.417 e. The molecular formula is C11H17NO3. The third kappa shape index (κ3) is 1.62. The highest BCUT2D eigenvalue weighted by Crippen LogP contribution is 2.48. The second-order valence-corrected chi connectivity index (χ2v) is 5.46. The van der Waals surface area contributed by atoms with Gasteiger partial charge in [-0.3, -0.25) is 4.79 Å². The molecule has 2 fully saturated rings. The van der Waals surface area contributed by atoms with Gasteiger partial charge in [0, 0.05) is 0 Å². The van der Waals surface area contributed by atoms with E-state index < -0.39 is 11.7 Å². The number of β-lactam (4-membered cyclic amide) rings is 1. The van der Waals surface area contributed by atoms with Gasteiger partial charge in [0.1, 0.15) is 5.60 Å². The second kappa shape index (κ2) is 2.97. The average Bonchev–Trinajstić information content (AvgIpc) is 1.91. The van der Waals surface area contributed by atoms with Crippen molar-refractivity contribution < 1.29 is 14.3 Å². The summed E-state index contributed by atoms with van der Waals surface area (Å²) in [6, 6.07) is 0. The molecular weight excluding hydrogens is 194 g/mol. The lowest BCUT2D eigenvalue weighted by Gasteiger charge is -2.55. The second-order valence-electron chi connectivity index (χ2n) is 5.46. The first-order chi connectivity index (χ1) is 6.84. The Morgan fingerprint density at radius 1 is 1.40 bits per heavy atom. The van der Waals surface area contributed by atoms with Gasteiger partial charge in [-0.05, 0) is 40.0 Å². The van der Waals surface area contributed by atoms with Gasteiger partial charge in [0.05, 0.1) is 12.0 Å². The van der Waals surface area contributed by atoms with E-state index in [0.717, 1.165) is 19.3 Å². The number of hydrogen-bond donors (Lipinski definition) is 0. The van der Waals surface area contributed by atoms with Gasteiger partial charge < -0.3 is 4.74 Å². The lowest BCUT2D eigenvalue weighted by Crippen LogP contribution is -2.69. The normalized spacial score (nSPS) is 23.4. The van der Waals surface area contributed by atoms with E-state index in [1.807, 2.05) is 20.8 Å². The van der Waals surface area contributed by atoms with Gasteiger partial charge in [-0.15, -0.1) is 0 Å². The van der Waals surface area contributed by atoms with Crippen LogP contribution in [0.1, 0.15) is 46.5 Å². The molecule has 0 N–H and O–H groups in total. The third-order valence-corrected chi connectivity index (χ3v) is 3.06. The molecule has 1 heterocycles. The number of ether oxygens (including phenoxy) is 1. The lowest BCUT2D eigenvalue weighted by molar-refractivity contribution is -0.162. The topological polar surface area (TPSA) is 46.6 Å². The van der Waals surface area contributed by atoms with Crippen LogP contribution in [0.4, 0.5) is 4.79 Å². The van der Waals surface area contributed by atoms with Gasteiger partial charge in [-0.25, -0.2) is 9.69 Å². The van der Waals surface area contributed by atoms with Crippen molar-refractivity contribution in [2.45, 2.75) is 57.6 Å². The molecule has 0 atom stereocenters. The fourth-order valence-corrected chi connectivity index (χ4v) is 2.20. The van der Waals surface area contributed by atoms with Crippen molar-refractivity contribution in [3.05, 3.63) is 0 Å². The Kier molecular flexibility index (Phi) is 2.07. The molecule has 1 saturated carbocycles. The molecule has 15 heavy (non-hydrogen) atoms. The van der Waals surface area contributed by atoms with Crippen molar-refractivity contribution in [2.75, 3.05) is 0 Å². The molecule has 0 radical (unpaired) electrons. The highest BCUT2D eigenvalue weighted by molar-refractivity contribution is 5.99. The molecule has 1 aliphatic carbocycles. The van der Waals surface area contributed by atoms with Crippen LogP contribution < -0.4 is 0 Å². The van der Waals surface area contributed by atoms with Gasteiger partial charge in [0.2, 0.25) is 5.91 Å². The monoisotopic (exact) mass is 211 g/mol. The number of amides is 2. The summed E-state index contributed by atoms with van der Waals surface area (Å²) in [5.74, 6) is -0.0936. The van der Waals surface area contributed by atoms with Crippen LogP contribution in [0.25, 0.3) is 0 Å². The van der Waals surface area contributed by atoms with E-state index in [1.54, 1.807) is 0 Å². The van der Waals surface area contributed by atoms with E-state index in [-0.39, 0.29) is 11.4 Å². The standard InChI is InChI=1S/C11H17NO3/c1-10(2,3)15-9(14)12-8(13)7-11(12)5-4-6-11/h4-7H2,1-3H3. The third-order valence-electron chi connectivity index (χ3n) is 3.06. The predicted octanol–water partition coefficient (Wildman–Crippen LogP) is 2.08. The number of hydrogen-bond acceptors (Lipinski definition) is 3. The number of carbonyl (C=O) groups is 2. The van der Waals surface area contributed by atoms with Crippen molar-refractivity contribution in [1.82, 2.24) is 4.90 Å². The van der Waals surface area contributed by atoms with Crippen LogP contribution >= 0.6 is 0 Å². The van der Waals surface area contributed by atoms with E-state index in [0.29, 0.717) is 6.42 Å². The van der Waals surface area contributed by atoms with Crippen LogP contribution in [0, 0.1) is 0 Å². The molecule has 0 aromatic heterocycles. The minimum atomic E-state index is -0.530. The molecule has 0 bridgehead atoms. The maximum atomic E-state index is 11.7. The number of nitrogens with zero attached hydrogens (tertiary/aromatic N) is 1. The Hall–Kier alpha value is -1.06. The Labute approximate surface area is 89.6 Å². The zero-order valence-corrected chi connectivity index (χ0v) is 9.50. The minimum absolute atomic E-state index is 0.0936. The summed E-state index contributed by atoms with van der Waals surface area (Å²) < 4.78 is 5.21. The number of likely N-dealkylation sites (tertiary alicyclic amines) is 1. The fraction of sp³-hybridized carbons (Fsp3) is 0.818. The van der Waals surface area contributed by atoms with E-state index in [9.17, 15) is 9.59 Å². The molecule has 1 spiro atoms. The summed E-state index contributed by atoms with van der Waals surface area (Å²) in [7, 11) is 0. The lowest BCUT2D eigenvalue weighted by atomic mass is 9.67. The van der Waals surface area contributed by atoms with E-state index in [1.165, 1.54) is 4.90 Å². The van der Waals surface area contributed by atoms with E-state index in [2.05, 4.69) is 0 Å². The van der Waals surface area contributed by atoms with Gasteiger partial charge in [0.25, 0.3) is 0 Å². The SMILES string of the molecule is CC(C)(C)OC(=O)N1C(=O)CC12CCC2.